The summed E-state index contributed by atoms with van der Waals surface area (Å²) >= 11 is 0. The number of piperidine rings is 1. The molecule has 0 amide bonds. The second-order valence-corrected chi connectivity index (χ2v) is 4.82. The van der Waals surface area contributed by atoms with Gasteiger partial charge in [-0.05, 0) is 31.7 Å². The molecule has 1 heterocycles. The summed E-state index contributed by atoms with van der Waals surface area (Å²) in [6.45, 7) is 3.49. The van der Waals surface area contributed by atoms with Crippen LogP contribution in [0.2, 0.25) is 0 Å². The van der Waals surface area contributed by atoms with Gasteiger partial charge in [0.25, 0.3) is 0 Å². The molecular weight excluding hydrogens is 292 g/mol. The molecule has 1 saturated heterocycles. The first-order chi connectivity index (χ1) is 9.81. The summed E-state index contributed by atoms with van der Waals surface area (Å²) in [7, 11) is 0. The number of hydrogen-bond acceptors (Lipinski definition) is 5. The smallest absolute Gasteiger partial charge is 0.324 e. The van der Waals surface area contributed by atoms with Gasteiger partial charge < -0.3 is 4.74 Å². The molecule has 1 fully saturated rings. The monoisotopic (exact) mass is 314 g/mol. The van der Waals surface area contributed by atoms with Crippen molar-refractivity contribution >= 4 is 18.4 Å². The minimum atomic E-state index is -0.250. The Balaban J connectivity index is 0.00000220. The number of halogens is 1. The number of nitrogens with one attached hydrogen (secondary N) is 1. The van der Waals surface area contributed by atoms with Gasteiger partial charge in [0.05, 0.1) is 13.2 Å². The van der Waals surface area contributed by atoms with E-state index in [1.807, 2.05) is 42.3 Å². The summed E-state index contributed by atoms with van der Waals surface area (Å²) in [6, 6.07) is 9.67. The van der Waals surface area contributed by atoms with Gasteiger partial charge in [-0.2, -0.15) is 0 Å². The molecule has 1 aliphatic heterocycles. The summed E-state index contributed by atoms with van der Waals surface area (Å²) in [4.78, 5) is 17.4. The van der Waals surface area contributed by atoms with Crippen LogP contribution in [0.1, 0.15) is 31.7 Å². The third kappa shape index (κ3) is 5.63. The van der Waals surface area contributed by atoms with E-state index in [9.17, 15) is 4.79 Å². The van der Waals surface area contributed by atoms with Crippen LogP contribution in [0.3, 0.4) is 0 Å². The highest BCUT2D eigenvalue weighted by Gasteiger charge is 2.30. The third-order valence-corrected chi connectivity index (χ3v) is 3.32. The van der Waals surface area contributed by atoms with Crippen LogP contribution >= 0.6 is 12.4 Å². The molecule has 0 bridgehead atoms. The molecule has 1 N–H and O–H groups in total. The fraction of sp³-hybridized carbons (Fsp3) is 0.533. The van der Waals surface area contributed by atoms with Crippen molar-refractivity contribution in [3.8, 4) is 0 Å². The molecule has 0 saturated carbocycles. The standard InChI is InChI=1S/C15H22N2O3.ClH/c1-2-19-15(18)14-10-6-7-11-17(14)16-20-12-13-8-4-3-5-9-13;/h3-5,8-9,14,16H,2,6-7,10-12H2,1H3;1H. The van der Waals surface area contributed by atoms with Gasteiger partial charge in [0.1, 0.15) is 6.04 Å². The lowest BCUT2D eigenvalue weighted by Gasteiger charge is -2.33. The van der Waals surface area contributed by atoms with E-state index >= 15 is 0 Å². The van der Waals surface area contributed by atoms with Crippen LogP contribution in [0.15, 0.2) is 30.3 Å². The van der Waals surface area contributed by atoms with Crippen LogP contribution in [-0.4, -0.2) is 30.2 Å². The van der Waals surface area contributed by atoms with E-state index in [4.69, 9.17) is 9.57 Å². The molecule has 118 valence electrons. The highest BCUT2D eigenvalue weighted by molar-refractivity contribution is 5.85. The van der Waals surface area contributed by atoms with Crippen molar-refractivity contribution < 1.29 is 14.4 Å². The van der Waals surface area contributed by atoms with E-state index < -0.39 is 0 Å². The average Bonchev–Trinajstić information content (AvgIpc) is 2.49. The highest BCUT2D eigenvalue weighted by Crippen LogP contribution is 2.16. The Morgan fingerprint density at radius 2 is 2.10 bits per heavy atom. The highest BCUT2D eigenvalue weighted by atomic mass is 35.5. The molecule has 0 aliphatic carbocycles. The molecule has 2 rings (SSSR count). The summed E-state index contributed by atoms with van der Waals surface area (Å²) in [5.41, 5.74) is 3.98. The molecule has 0 spiro atoms. The van der Waals surface area contributed by atoms with Crippen molar-refractivity contribution in [1.82, 2.24) is 10.6 Å². The summed E-state index contributed by atoms with van der Waals surface area (Å²) in [6.07, 6.45) is 2.90. The number of esters is 1. The number of nitrogens with zero attached hydrogens (tertiary/aromatic N) is 1. The van der Waals surface area contributed by atoms with Crippen LogP contribution in [-0.2, 0) is 21.0 Å². The van der Waals surface area contributed by atoms with Crippen molar-refractivity contribution in [2.24, 2.45) is 0 Å². The topological polar surface area (TPSA) is 50.8 Å². The fourth-order valence-electron chi connectivity index (χ4n) is 2.30. The van der Waals surface area contributed by atoms with E-state index in [1.165, 1.54) is 0 Å². The van der Waals surface area contributed by atoms with E-state index in [1.54, 1.807) is 0 Å². The largest absolute Gasteiger partial charge is 0.465 e. The number of benzene rings is 1. The van der Waals surface area contributed by atoms with Crippen molar-refractivity contribution in [1.29, 1.82) is 0 Å². The van der Waals surface area contributed by atoms with Gasteiger partial charge in [0.15, 0.2) is 0 Å². The van der Waals surface area contributed by atoms with Crippen LogP contribution in [0.5, 0.6) is 0 Å². The van der Waals surface area contributed by atoms with Gasteiger partial charge in [-0.1, -0.05) is 30.3 Å². The number of carbonyl (C=O) groups excluding carboxylic acids is 1. The zero-order chi connectivity index (χ0) is 14.2. The number of rotatable bonds is 6. The number of hydrazine groups is 1. The van der Waals surface area contributed by atoms with Crippen molar-refractivity contribution in [2.75, 3.05) is 13.2 Å². The van der Waals surface area contributed by atoms with E-state index in [2.05, 4.69) is 5.59 Å². The summed E-state index contributed by atoms with van der Waals surface area (Å²) in [5, 5.41) is 1.84. The van der Waals surface area contributed by atoms with Crippen molar-refractivity contribution in [2.45, 2.75) is 38.8 Å². The Hall–Kier alpha value is -1.14. The fourth-order valence-corrected chi connectivity index (χ4v) is 2.30. The lowest BCUT2D eigenvalue weighted by atomic mass is 10.0. The maximum absolute atomic E-state index is 11.9. The predicted octanol–water partition coefficient (Wildman–Crippen LogP) is 2.46. The average molecular weight is 315 g/mol. The second kappa shape index (κ2) is 9.73. The van der Waals surface area contributed by atoms with Crippen LogP contribution in [0, 0.1) is 0 Å². The molecule has 1 atom stereocenters. The Morgan fingerprint density at radius 3 is 2.81 bits per heavy atom. The molecule has 6 heteroatoms. The first-order valence-corrected chi connectivity index (χ1v) is 7.16. The minimum Gasteiger partial charge on any atom is -0.465 e. The van der Waals surface area contributed by atoms with Crippen molar-refractivity contribution in [3.05, 3.63) is 35.9 Å². The molecule has 1 aromatic carbocycles. The van der Waals surface area contributed by atoms with Gasteiger partial charge in [-0.15, -0.1) is 18.0 Å². The molecular formula is C15H23ClN2O3. The number of hydrogen-bond donors (Lipinski definition) is 1. The molecule has 0 aromatic heterocycles. The molecule has 1 unspecified atom stereocenters. The zero-order valence-electron chi connectivity index (χ0n) is 12.3. The van der Waals surface area contributed by atoms with E-state index in [-0.39, 0.29) is 24.4 Å². The van der Waals surface area contributed by atoms with Gasteiger partial charge in [-0.25, -0.2) is 5.01 Å². The SMILES string of the molecule is CCOC(=O)C1CCCCN1NOCc1ccccc1.Cl. The Labute approximate surface area is 131 Å². The minimum absolute atomic E-state index is 0. The summed E-state index contributed by atoms with van der Waals surface area (Å²) in [5.74, 6) is -0.178. The lowest BCUT2D eigenvalue weighted by molar-refractivity contribution is -0.167. The normalized spacial score (nSPS) is 18.8. The quantitative estimate of drug-likeness (QED) is 0.646. The Bertz CT molecular complexity index is 417. The first-order valence-electron chi connectivity index (χ1n) is 7.16. The van der Waals surface area contributed by atoms with Crippen molar-refractivity contribution in [3.63, 3.8) is 0 Å². The zero-order valence-corrected chi connectivity index (χ0v) is 13.1. The van der Waals surface area contributed by atoms with Crippen LogP contribution < -0.4 is 5.59 Å². The second-order valence-electron chi connectivity index (χ2n) is 4.82. The number of carbonyl (C=O) groups is 1. The lowest BCUT2D eigenvalue weighted by Crippen LogP contribution is -2.52. The molecule has 5 nitrogen and oxygen atoms in total. The first kappa shape index (κ1) is 17.9. The maximum Gasteiger partial charge on any atom is 0.324 e. The predicted molar refractivity (Wildman–Crippen MR) is 82.6 cm³/mol. The molecule has 1 aromatic rings. The Morgan fingerprint density at radius 1 is 1.33 bits per heavy atom. The molecule has 21 heavy (non-hydrogen) atoms. The van der Waals surface area contributed by atoms with Crippen LogP contribution in [0.25, 0.3) is 0 Å². The van der Waals surface area contributed by atoms with Gasteiger partial charge in [0.2, 0.25) is 0 Å². The molecule has 0 radical (unpaired) electrons. The van der Waals surface area contributed by atoms with Gasteiger partial charge in [0, 0.05) is 6.54 Å². The van der Waals surface area contributed by atoms with Gasteiger partial charge >= 0.3 is 5.97 Å². The van der Waals surface area contributed by atoms with E-state index in [0.717, 1.165) is 31.4 Å². The van der Waals surface area contributed by atoms with E-state index in [0.29, 0.717) is 13.2 Å². The number of ether oxygens (including phenoxy) is 1. The van der Waals surface area contributed by atoms with Crippen LogP contribution in [0.4, 0.5) is 0 Å². The van der Waals surface area contributed by atoms with Gasteiger partial charge in [-0.3, -0.25) is 9.63 Å². The molecule has 1 aliphatic rings. The Kier molecular flexibility index (Phi) is 8.30. The summed E-state index contributed by atoms with van der Waals surface area (Å²) < 4.78 is 5.10. The third-order valence-electron chi connectivity index (χ3n) is 3.32. The maximum atomic E-state index is 11.9.